The number of hydrogen-bond donors (Lipinski definition) is 2. The number of methoxy groups -OCH3 is 1. The fourth-order valence-electron chi connectivity index (χ4n) is 6.27. The third-order valence-corrected chi connectivity index (χ3v) is 8.82. The second kappa shape index (κ2) is 17.3. The lowest BCUT2D eigenvalue weighted by atomic mass is 9.86. The van der Waals surface area contributed by atoms with E-state index in [0.717, 1.165) is 61.9 Å². The van der Waals surface area contributed by atoms with E-state index in [0.29, 0.717) is 37.8 Å². The summed E-state index contributed by atoms with van der Waals surface area (Å²) in [7, 11) is 1.60. The highest BCUT2D eigenvalue weighted by atomic mass is 16.5. The van der Waals surface area contributed by atoms with Crippen LogP contribution in [0, 0.1) is 5.92 Å². The Kier molecular flexibility index (Phi) is 13.2. The minimum absolute atomic E-state index is 0.0667. The molecule has 0 aromatic heterocycles. The van der Waals surface area contributed by atoms with Crippen molar-refractivity contribution in [3.8, 4) is 11.5 Å². The van der Waals surface area contributed by atoms with Crippen LogP contribution in [0.1, 0.15) is 105 Å². The topological polar surface area (TPSA) is 88.1 Å². The van der Waals surface area contributed by atoms with Gasteiger partial charge in [-0.1, -0.05) is 44.2 Å². The SMILES string of the molecule is COc1ccc(C(=O)CCCCC(=O)NC(CN2CCCC2)C(O)c2ccc(OCCCC3CCCCC3)cc2)cc1. The van der Waals surface area contributed by atoms with E-state index in [-0.39, 0.29) is 11.7 Å². The smallest absolute Gasteiger partial charge is 0.220 e. The number of rotatable bonds is 17. The normalized spacial score (nSPS) is 17.5. The van der Waals surface area contributed by atoms with Crippen LogP contribution in [0.3, 0.4) is 0 Å². The Morgan fingerprint density at radius 2 is 1.55 bits per heavy atom. The number of aliphatic hydroxyl groups excluding tert-OH is 1. The quantitative estimate of drug-likeness (QED) is 0.165. The molecule has 2 atom stereocenters. The summed E-state index contributed by atoms with van der Waals surface area (Å²) in [4.78, 5) is 27.7. The van der Waals surface area contributed by atoms with Gasteiger partial charge in [0.1, 0.15) is 17.6 Å². The molecule has 2 aliphatic rings. The van der Waals surface area contributed by atoms with Crippen LogP contribution >= 0.6 is 0 Å². The van der Waals surface area contributed by atoms with E-state index < -0.39 is 12.1 Å². The molecular formula is C35H50N2O5. The van der Waals surface area contributed by atoms with E-state index in [1.54, 1.807) is 31.4 Å². The van der Waals surface area contributed by atoms with Crippen LogP contribution in [0.15, 0.2) is 48.5 Å². The zero-order valence-corrected chi connectivity index (χ0v) is 25.4. The van der Waals surface area contributed by atoms with Gasteiger partial charge in [-0.25, -0.2) is 0 Å². The lowest BCUT2D eigenvalue weighted by molar-refractivity contribution is -0.123. The number of nitrogens with zero attached hydrogens (tertiary/aromatic N) is 1. The Hall–Kier alpha value is -2.90. The molecule has 0 bridgehead atoms. The zero-order chi connectivity index (χ0) is 29.6. The first-order chi connectivity index (χ1) is 20.5. The predicted molar refractivity (Wildman–Crippen MR) is 166 cm³/mol. The van der Waals surface area contributed by atoms with E-state index in [2.05, 4.69) is 10.2 Å². The summed E-state index contributed by atoms with van der Waals surface area (Å²) in [5, 5.41) is 14.4. The molecule has 7 heteroatoms. The standard InChI is InChI=1S/C35H50N2O5/c1-41-30-19-15-28(16-20-30)33(38)13-5-6-14-34(39)36-32(26-37-23-7-8-24-37)35(40)29-17-21-31(22-18-29)42-25-9-12-27-10-3-2-4-11-27/h15-22,27,32,35,40H,2-14,23-26H2,1H3,(H,36,39). The second-order valence-corrected chi connectivity index (χ2v) is 12.0. The number of ketones is 1. The van der Waals surface area contributed by atoms with Crippen molar-refractivity contribution in [2.45, 2.75) is 95.6 Å². The molecule has 230 valence electrons. The van der Waals surface area contributed by atoms with Gasteiger partial charge in [0, 0.05) is 24.9 Å². The van der Waals surface area contributed by atoms with E-state index in [1.807, 2.05) is 24.3 Å². The van der Waals surface area contributed by atoms with E-state index in [9.17, 15) is 14.7 Å². The fraction of sp³-hybridized carbons (Fsp3) is 0.600. The average molecular weight is 579 g/mol. The molecule has 1 saturated heterocycles. The maximum absolute atomic E-state index is 12.9. The van der Waals surface area contributed by atoms with Gasteiger partial charge in [-0.05, 0) is 99.5 Å². The highest BCUT2D eigenvalue weighted by Crippen LogP contribution is 2.28. The van der Waals surface area contributed by atoms with Gasteiger partial charge in [-0.3, -0.25) is 9.59 Å². The van der Waals surface area contributed by atoms with E-state index >= 15 is 0 Å². The Bertz CT molecular complexity index is 1080. The summed E-state index contributed by atoms with van der Waals surface area (Å²) in [6.45, 7) is 3.31. The molecule has 4 rings (SSSR count). The number of ether oxygens (including phenoxy) is 2. The van der Waals surface area contributed by atoms with Gasteiger partial charge in [0.05, 0.1) is 19.8 Å². The summed E-state index contributed by atoms with van der Waals surface area (Å²) >= 11 is 0. The van der Waals surface area contributed by atoms with Crippen molar-refractivity contribution in [2.75, 3.05) is 33.4 Å². The van der Waals surface area contributed by atoms with Crippen LogP contribution in [-0.4, -0.2) is 61.1 Å². The van der Waals surface area contributed by atoms with Crippen molar-refractivity contribution in [3.63, 3.8) is 0 Å². The molecule has 2 N–H and O–H groups in total. The average Bonchev–Trinajstić information content (AvgIpc) is 3.55. The Balaban J connectivity index is 1.22. The van der Waals surface area contributed by atoms with Crippen LogP contribution in [0.5, 0.6) is 11.5 Å². The number of benzene rings is 2. The van der Waals surface area contributed by atoms with Gasteiger partial charge >= 0.3 is 0 Å². The first kappa shape index (κ1) is 32.0. The number of unbranched alkanes of at least 4 members (excludes halogenated alkanes) is 1. The molecule has 1 saturated carbocycles. The number of hydrogen-bond acceptors (Lipinski definition) is 6. The van der Waals surface area contributed by atoms with E-state index in [1.165, 1.54) is 38.5 Å². The van der Waals surface area contributed by atoms with Crippen LogP contribution in [0.4, 0.5) is 0 Å². The highest BCUT2D eigenvalue weighted by Gasteiger charge is 2.26. The highest BCUT2D eigenvalue weighted by molar-refractivity contribution is 5.96. The van der Waals surface area contributed by atoms with Crippen molar-refractivity contribution in [1.82, 2.24) is 10.2 Å². The van der Waals surface area contributed by atoms with Gasteiger partial charge in [-0.2, -0.15) is 0 Å². The number of nitrogens with one attached hydrogen (secondary N) is 1. The number of likely N-dealkylation sites (tertiary alicyclic amines) is 1. The minimum Gasteiger partial charge on any atom is -0.497 e. The summed E-state index contributed by atoms with van der Waals surface area (Å²) in [6.07, 6.45) is 12.7. The van der Waals surface area contributed by atoms with Crippen LogP contribution < -0.4 is 14.8 Å². The maximum Gasteiger partial charge on any atom is 0.220 e. The number of amides is 1. The monoisotopic (exact) mass is 578 g/mol. The molecule has 1 aliphatic carbocycles. The lowest BCUT2D eigenvalue weighted by Crippen LogP contribution is -2.46. The van der Waals surface area contributed by atoms with Crippen molar-refractivity contribution in [3.05, 3.63) is 59.7 Å². The number of carbonyl (C=O) groups is 2. The summed E-state index contributed by atoms with van der Waals surface area (Å²) in [5.74, 6) is 2.38. The molecule has 1 aliphatic heterocycles. The second-order valence-electron chi connectivity index (χ2n) is 12.0. The van der Waals surface area contributed by atoms with Crippen molar-refractivity contribution in [1.29, 1.82) is 0 Å². The van der Waals surface area contributed by atoms with Crippen molar-refractivity contribution < 1.29 is 24.2 Å². The Labute approximate surface area is 252 Å². The molecule has 2 aromatic rings. The summed E-state index contributed by atoms with van der Waals surface area (Å²) < 4.78 is 11.1. The molecule has 1 amide bonds. The molecule has 0 spiro atoms. The first-order valence-corrected chi connectivity index (χ1v) is 16.1. The molecule has 0 radical (unpaired) electrons. The molecular weight excluding hydrogens is 528 g/mol. The van der Waals surface area contributed by atoms with Gasteiger partial charge in [0.2, 0.25) is 5.91 Å². The van der Waals surface area contributed by atoms with E-state index in [4.69, 9.17) is 9.47 Å². The molecule has 2 fully saturated rings. The largest absolute Gasteiger partial charge is 0.497 e. The molecule has 1 heterocycles. The minimum atomic E-state index is -0.813. The molecule has 42 heavy (non-hydrogen) atoms. The zero-order valence-electron chi connectivity index (χ0n) is 25.4. The van der Waals surface area contributed by atoms with Crippen LogP contribution in [0.25, 0.3) is 0 Å². The summed E-state index contributed by atoms with van der Waals surface area (Å²) in [6, 6.07) is 14.4. The Morgan fingerprint density at radius 3 is 2.24 bits per heavy atom. The van der Waals surface area contributed by atoms with Gasteiger partial charge < -0.3 is 24.8 Å². The van der Waals surface area contributed by atoms with Crippen LogP contribution in [-0.2, 0) is 4.79 Å². The number of carbonyl (C=O) groups excluding carboxylic acids is 2. The Morgan fingerprint density at radius 1 is 0.881 bits per heavy atom. The van der Waals surface area contributed by atoms with Crippen LogP contribution in [0.2, 0.25) is 0 Å². The predicted octanol–water partition coefficient (Wildman–Crippen LogP) is 6.49. The molecule has 7 nitrogen and oxygen atoms in total. The van der Waals surface area contributed by atoms with Gasteiger partial charge in [0.25, 0.3) is 0 Å². The maximum atomic E-state index is 12.9. The third-order valence-electron chi connectivity index (χ3n) is 8.82. The van der Waals surface area contributed by atoms with Gasteiger partial charge in [0.15, 0.2) is 5.78 Å². The molecule has 2 unspecified atom stereocenters. The summed E-state index contributed by atoms with van der Waals surface area (Å²) in [5.41, 5.74) is 1.43. The first-order valence-electron chi connectivity index (χ1n) is 16.1. The van der Waals surface area contributed by atoms with Crippen molar-refractivity contribution >= 4 is 11.7 Å². The third kappa shape index (κ3) is 10.4. The molecule has 2 aromatic carbocycles. The lowest BCUT2D eigenvalue weighted by Gasteiger charge is -2.29. The fourth-order valence-corrected chi connectivity index (χ4v) is 6.27. The number of aliphatic hydroxyl groups is 1. The van der Waals surface area contributed by atoms with Gasteiger partial charge in [-0.15, -0.1) is 0 Å². The number of Topliss-reactive ketones (excluding diaryl/α,β-unsaturated/α-hetero) is 1. The van der Waals surface area contributed by atoms with Crippen molar-refractivity contribution in [2.24, 2.45) is 5.92 Å².